The van der Waals surface area contributed by atoms with Gasteiger partial charge in [0.15, 0.2) is 5.78 Å². The quantitative estimate of drug-likeness (QED) is 0.0603. The molecule has 92 heavy (non-hydrogen) atoms. The second kappa shape index (κ2) is 46.0. The average Bonchev–Trinajstić information content (AvgIpc) is 2.84. The van der Waals surface area contributed by atoms with E-state index in [1.807, 2.05) is 69.2 Å². The predicted molar refractivity (Wildman–Crippen MR) is 312 cm³/mol. The van der Waals surface area contributed by atoms with Gasteiger partial charge in [-0.3, -0.25) is 27.6 Å². The molecule has 0 aromatic rings. The topological polar surface area (TPSA) is 406 Å². The first kappa shape index (κ1) is 101. The molecule has 510 valence electrons. The van der Waals surface area contributed by atoms with Gasteiger partial charge in [0.1, 0.15) is 48.0 Å². The zero-order valence-electron chi connectivity index (χ0n) is 54.5. The molecule has 0 aromatic heterocycles. The minimum Gasteiger partial charge on any atom is -0.758 e. The molecular weight excluding hydrogens is 1610 g/mol. The van der Waals surface area contributed by atoms with Crippen molar-refractivity contribution in [2.24, 2.45) is 16.2 Å². The Hall–Kier alpha value is 4.77. The zero-order valence-corrected chi connectivity index (χ0v) is 70.4. The molecule has 5 heterocycles. The van der Waals surface area contributed by atoms with Crippen LogP contribution in [-0.2, 0) is 232 Å². The van der Waals surface area contributed by atoms with Gasteiger partial charge in [0.25, 0.3) is 31.3 Å². The summed E-state index contributed by atoms with van der Waals surface area (Å²) in [5, 5.41) is 8.89. The van der Waals surface area contributed by atoms with Gasteiger partial charge < -0.3 is 108 Å². The van der Waals surface area contributed by atoms with Gasteiger partial charge in [-0.25, -0.2) is 0 Å². The molecule has 5 saturated heterocycles. The van der Waals surface area contributed by atoms with E-state index in [2.05, 4.69) is 4.52 Å². The molecule has 29 nitrogen and oxygen atoms in total. The SMILES string of the molecule is [B][B][C@H]1C[C@@H](OP(=O)([O-])O)[C@@H](COC(C)C)O1.[B][B][C@H]1C[C@@H](OP(=O)([O-])O[CH-][C@H]2O[C@@H]([B])C[C@H]2OP(=O)([O-])OCC(C)(C)C)[C@@H](COC(C)C)O1.[B][C@H]1C[C@@H](OP(=O)([O-])OCC(C)(C)C)[C@@H](C(C)=O)O1.[B][C@H]1C[C@@H](OP(=O)([O-])OCC(C)(C)C)[C@@H]([CH-]O)O1.[Y].[Y].[Y].[Y]. The van der Waals surface area contributed by atoms with Gasteiger partial charge in [0.2, 0.25) is 7.82 Å². The minimum atomic E-state index is -4.90. The van der Waals surface area contributed by atoms with E-state index in [0.29, 0.717) is 0 Å². The fourth-order valence-corrected chi connectivity index (χ4v) is 12.6. The molecule has 16 radical (unpaired) electrons. The number of phosphoric acid groups is 5. The number of ether oxygens (including phenoxy) is 7. The van der Waals surface area contributed by atoms with Crippen LogP contribution in [0.3, 0.4) is 0 Å². The third kappa shape index (κ3) is 44.5. The second-order valence-corrected chi connectivity index (χ2v) is 31.7. The maximum absolute atomic E-state index is 12.5. The van der Waals surface area contributed by atoms with Crippen LogP contribution in [-0.4, -0.2) is 205 Å². The van der Waals surface area contributed by atoms with Crippen molar-refractivity contribution in [3.63, 3.8) is 0 Å². The Labute approximate surface area is 652 Å². The maximum Gasteiger partial charge on any atom is 0.268 e. The predicted octanol–water partition coefficient (Wildman–Crippen LogP) is 1.19. The number of ketones is 1. The first-order valence-electron chi connectivity index (χ1n) is 28.0. The van der Waals surface area contributed by atoms with Crippen molar-refractivity contribution in [3.8, 4) is 0 Å². The third-order valence-corrected chi connectivity index (χ3v) is 16.1. The van der Waals surface area contributed by atoms with Crippen molar-refractivity contribution < 1.29 is 267 Å². The van der Waals surface area contributed by atoms with E-state index in [1.165, 1.54) is 21.3 Å². The molecule has 5 aliphatic rings. The maximum atomic E-state index is 12.5. The van der Waals surface area contributed by atoms with Crippen molar-refractivity contribution in [2.75, 3.05) is 33.0 Å². The third-order valence-electron chi connectivity index (χ3n) is 11.7. The molecular formula is C47H83B7O29P5Y4-7. The smallest absolute Gasteiger partial charge is 0.268 e. The summed E-state index contributed by atoms with van der Waals surface area (Å²) in [4.78, 5) is 78.6. The van der Waals surface area contributed by atoms with Gasteiger partial charge >= 0.3 is 0 Å². The van der Waals surface area contributed by atoms with E-state index in [-0.39, 0.29) is 225 Å². The summed E-state index contributed by atoms with van der Waals surface area (Å²) in [5.74, 6) is -0.325. The Bertz CT molecular complexity index is 2340. The molecule has 0 aromatic carbocycles. The van der Waals surface area contributed by atoms with Crippen LogP contribution in [0.25, 0.3) is 0 Å². The summed E-state index contributed by atoms with van der Waals surface area (Å²) in [6, 6.07) is -3.17. The number of carbonyl (C=O) groups excluding carboxylic acids is 1. The van der Waals surface area contributed by atoms with E-state index in [9.17, 15) is 52.1 Å². The van der Waals surface area contributed by atoms with Crippen LogP contribution in [0.15, 0.2) is 0 Å². The summed E-state index contributed by atoms with van der Waals surface area (Å²) >= 11 is 0. The van der Waals surface area contributed by atoms with Gasteiger partial charge in [-0.15, -0.1) is 0 Å². The van der Waals surface area contributed by atoms with E-state index in [4.69, 9.17) is 118 Å². The van der Waals surface area contributed by atoms with Gasteiger partial charge in [0, 0.05) is 176 Å². The molecule has 45 heteroatoms. The van der Waals surface area contributed by atoms with Crippen molar-refractivity contribution >= 4 is 98.3 Å². The Morgan fingerprint density at radius 2 is 0.859 bits per heavy atom. The number of carbonyl (C=O) groups is 1. The van der Waals surface area contributed by atoms with E-state index in [0.717, 1.165) is 13.2 Å². The number of aliphatic hydroxyl groups excluding tert-OH is 1. The minimum absolute atomic E-state index is 0. The molecule has 5 rings (SSSR count). The molecule has 20 atom stereocenters. The van der Waals surface area contributed by atoms with Gasteiger partial charge in [-0.1, -0.05) is 62.3 Å². The summed E-state index contributed by atoms with van der Waals surface area (Å²) in [7, 11) is 6.89. The van der Waals surface area contributed by atoms with Crippen molar-refractivity contribution in [2.45, 2.75) is 232 Å². The number of aliphatic hydroxyl groups is 1. The van der Waals surface area contributed by atoms with Crippen molar-refractivity contribution in [1.29, 1.82) is 0 Å². The van der Waals surface area contributed by atoms with E-state index >= 15 is 0 Å². The average molecular weight is 1700 g/mol. The summed E-state index contributed by atoms with van der Waals surface area (Å²) in [6.07, 6.45) is -8.22. The molecule has 2 N–H and O–H groups in total. The fraction of sp³-hybridized carbons (Fsp3) is 0.936. The van der Waals surface area contributed by atoms with Crippen molar-refractivity contribution in [1.82, 2.24) is 0 Å². The van der Waals surface area contributed by atoms with Crippen molar-refractivity contribution in [3.05, 3.63) is 13.2 Å². The fourth-order valence-electron chi connectivity index (χ4n) is 7.75. The molecule has 0 bridgehead atoms. The van der Waals surface area contributed by atoms with Crippen LogP contribution in [0.2, 0.25) is 0 Å². The largest absolute Gasteiger partial charge is 0.758 e. The first-order chi connectivity index (χ1) is 40.0. The van der Waals surface area contributed by atoms with E-state index in [1.54, 1.807) is 20.8 Å². The standard InChI is InChI=1S/C18H33B3O11P2.C11H20BO6P.C10H19BO6P.C8H16B2O6P.4Y/c1-11(2)26-8-14-13(7-17(21-20)30-14)32-33(22,23)27-9-15-12(6-16(19)29-15)31-34(24,25)28-10-18(3,4)5;1-7(13)10-8(5-9(12)17-10)18-19(14,15)16-6-11(2,3)4;1-10(2,3)6-15-18(13,14)17-7-4-9(11)16-8(7)5-12;1-5(2)14-4-7-6(16-17(11,12)13)3-8(10-9)15-7;;;;/h9,11-17H,6-8,10H2,1-5H3,(H,22,23)(H,24,25);8-10H,5-6H2,1-4H3,(H,14,15);5,7-9,12H,4,6H2,1-3H3,(H,13,14);5-8H,3-4H2,1-2H3,(H2,11,12,13);;;;/q-1;;-1;;;;;/p-5/t12-,13-,14-,15-,16-,17-;8-,9-,10-;7-,8-,9-;6-,7-,8-;;;;/m1111..../s1. The van der Waals surface area contributed by atoms with Gasteiger partial charge in [-0.2, -0.15) is 13.2 Å². The second-order valence-electron chi connectivity index (χ2n) is 25.1. The summed E-state index contributed by atoms with van der Waals surface area (Å²) < 4.78 is 140. The molecule has 0 spiro atoms. The monoisotopic (exact) mass is 1700 g/mol. The van der Waals surface area contributed by atoms with Crippen LogP contribution < -0.4 is 24.5 Å². The Kier molecular flexibility index (Phi) is 50.5. The molecule has 0 aliphatic carbocycles. The van der Waals surface area contributed by atoms with Gasteiger partial charge in [-0.05, 0) is 95.2 Å². The number of Topliss-reactive ketones (excluding diaryl/α,β-unsaturated/α-hetero) is 1. The number of rotatable bonds is 29. The molecule has 5 fully saturated rings. The molecule has 0 amide bonds. The normalized spacial score (nSPS) is 31.2. The van der Waals surface area contributed by atoms with Crippen LogP contribution in [0.5, 0.6) is 0 Å². The summed E-state index contributed by atoms with van der Waals surface area (Å²) in [5.41, 5.74) is -1.03. The first-order valence-corrected chi connectivity index (χ1v) is 35.4. The van der Waals surface area contributed by atoms with Gasteiger partial charge in [0.05, 0.1) is 84.0 Å². The van der Waals surface area contributed by atoms with Crippen LogP contribution >= 0.6 is 39.1 Å². The van der Waals surface area contributed by atoms with E-state index < -0.39 is 136 Å². The number of phosphoric ester groups is 5. The number of hydrogen-bond donors (Lipinski definition) is 2. The molecule has 0 saturated carbocycles. The summed E-state index contributed by atoms with van der Waals surface area (Å²) in [6.45, 7) is 26.7. The number of hydrogen-bond acceptors (Lipinski definition) is 28. The van der Waals surface area contributed by atoms with Crippen LogP contribution in [0.1, 0.15) is 129 Å². The Morgan fingerprint density at radius 1 is 0.533 bits per heavy atom. The zero-order chi connectivity index (χ0) is 67.6. The van der Waals surface area contributed by atoms with Crippen LogP contribution in [0, 0.1) is 29.5 Å². The Balaban J connectivity index is -0.00000119. The molecule has 5 aliphatic heterocycles. The molecule has 5 unspecified atom stereocenters. The Morgan fingerprint density at radius 3 is 1.20 bits per heavy atom. The van der Waals surface area contributed by atoms with Crippen LogP contribution in [0.4, 0.5) is 0 Å².